The minimum atomic E-state index is -0.248. The molecular weight excluding hydrogens is 242 g/mol. The largest absolute Gasteiger partial charge is 0.392 e. The molecule has 6 nitrogen and oxygen atoms in total. The molecule has 2 aliphatic rings. The summed E-state index contributed by atoms with van der Waals surface area (Å²) < 4.78 is 0. The third kappa shape index (κ3) is 2.26. The normalized spacial score (nSPS) is 28.6. The maximum Gasteiger partial charge on any atom is 0.145 e. The summed E-state index contributed by atoms with van der Waals surface area (Å²) in [7, 11) is 0. The number of nitrogens with one attached hydrogen (secondary N) is 2. The predicted molar refractivity (Wildman–Crippen MR) is 73.6 cm³/mol. The number of nitrogen functional groups attached to an aromatic ring is 1. The molecule has 104 valence electrons. The van der Waals surface area contributed by atoms with Crippen molar-refractivity contribution in [3.05, 3.63) is 11.9 Å². The summed E-state index contributed by atoms with van der Waals surface area (Å²) in [6.07, 6.45) is 2.81. The molecule has 2 atom stereocenters. The Bertz CT molecular complexity index is 486. The molecule has 3 rings (SSSR count). The summed E-state index contributed by atoms with van der Waals surface area (Å²) >= 11 is 0. The van der Waals surface area contributed by atoms with E-state index in [2.05, 4.69) is 34.6 Å². The molecule has 2 saturated carbocycles. The Hall–Kier alpha value is -1.40. The van der Waals surface area contributed by atoms with Crippen LogP contribution in [0.25, 0.3) is 0 Å². The quantitative estimate of drug-likeness (QED) is 0.482. The molecule has 1 aromatic heterocycles. The molecule has 0 aromatic carbocycles. The Labute approximate surface area is 112 Å². The first-order valence-electron chi connectivity index (χ1n) is 6.81. The summed E-state index contributed by atoms with van der Waals surface area (Å²) in [5.41, 5.74) is 2.46. The maximum absolute atomic E-state index is 9.77. The number of nitrogens with two attached hydrogens (primary N) is 1. The van der Waals surface area contributed by atoms with Crippen molar-refractivity contribution in [2.24, 2.45) is 11.3 Å². The van der Waals surface area contributed by atoms with Gasteiger partial charge < -0.3 is 15.8 Å². The van der Waals surface area contributed by atoms with Crippen molar-refractivity contribution in [3.63, 3.8) is 0 Å². The molecule has 2 unspecified atom stereocenters. The summed E-state index contributed by atoms with van der Waals surface area (Å²) in [5.74, 6) is 8.21. The molecule has 0 aliphatic heterocycles. The van der Waals surface area contributed by atoms with Gasteiger partial charge in [-0.3, -0.25) is 0 Å². The smallest absolute Gasteiger partial charge is 0.145 e. The van der Waals surface area contributed by atoms with Crippen LogP contribution >= 0.6 is 0 Å². The van der Waals surface area contributed by atoms with Gasteiger partial charge in [0.1, 0.15) is 17.5 Å². The molecular formula is C13H21N5O. The maximum atomic E-state index is 9.77. The lowest BCUT2D eigenvalue weighted by Crippen LogP contribution is -2.57. The highest BCUT2D eigenvalue weighted by molar-refractivity contribution is 5.48. The van der Waals surface area contributed by atoms with Crippen LogP contribution in [0.15, 0.2) is 6.07 Å². The summed E-state index contributed by atoms with van der Waals surface area (Å²) in [6.45, 7) is 4.12. The minimum Gasteiger partial charge on any atom is -0.392 e. The monoisotopic (exact) mass is 263 g/mol. The Kier molecular flexibility index (Phi) is 2.87. The summed E-state index contributed by atoms with van der Waals surface area (Å²) in [4.78, 5) is 8.94. The van der Waals surface area contributed by atoms with Crippen LogP contribution in [0.2, 0.25) is 0 Å². The second-order valence-corrected chi connectivity index (χ2v) is 6.19. The van der Waals surface area contributed by atoms with Gasteiger partial charge in [-0.1, -0.05) is 13.8 Å². The molecule has 0 amide bonds. The van der Waals surface area contributed by atoms with E-state index in [0.29, 0.717) is 11.7 Å². The van der Waals surface area contributed by atoms with Gasteiger partial charge in [-0.25, -0.2) is 15.8 Å². The minimum absolute atomic E-state index is 0.124. The Morgan fingerprint density at radius 1 is 1.32 bits per heavy atom. The van der Waals surface area contributed by atoms with Gasteiger partial charge in [-0.15, -0.1) is 0 Å². The van der Waals surface area contributed by atoms with Gasteiger partial charge in [-0.05, 0) is 19.3 Å². The topological polar surface area (TPSA) is 96.1 Å². The van der Waals surface area contributed by atoms with Gasteiger partial charge >= 0.3 is 0 Å². The zero-order valence-corrected chi connectivity index (χ0v) is 11.3. The first-order valence-corrected chi connectivity index (χ1v) is 6.81. The number of aromatic nitrogens is 2. The number of hydrazine groups is 1. The van der Waals surface area contributed by atoms with Crippen molar-refractivity contribution in [1.82, 2.24) is 9.97 Å². The van der Waals surface area contributed by atoms with E-state index in [0.717, 1.165) is 30.9 Å². The van der Waals surface area contributed by atoms with Gasteiger partial charge in [-0.2, -0.15) is 0 Å². The Morgan fingerprint density at radius 2 is 2.00 bits per heavy atom. The first kappa shape index (κ1) is 12.6. The molecule has 0 saturated heterocycles. The lowest BCUT2D eigenvalue weighted by molar-refractivity contribution is -0.0511. The third-order valence-corrected chi connectivity index (χ3v) is 4.37. The molecule has 2 aliphatic carbocycles. The van der Waals surface area contributed by atoms with Crippen molar-refractivity contribution >= 4 is 11.6 Å². The van der Waals surface area contributed by atoms with Gasteiger partial charge in [0.15, 0.2) is 0 Å². The van der Waals surface area contributed by atoms with Crippen LogP contribution in [0, 0.1) is 5.41 Å². The molecule has 5 N–H and O–H groups in total. The van der Waals surface area contributed by atoms with E-state index >= 15 is 0 Å². The van der Waals surface area contributed by atoms with Gasteiger partial charge in [0.2, 0.25) is 0 Å². The van der Waals surface area contributed by atoms with E-state index in [-0.39, 0.29) is 17.6 Å². The fourth-order valence-corrected chi connectivity index (χ4v) is 2.46. The third-order valence-electron chi connectivity index (χ3n) is 4.37. The van der Waals surface area contributed by atoms with Crippen LogP contribution in [0.4, 0.5) is 11.6 Å². The molecule has 6 heteroatoms. The lowest BCUT2D eigenvalue weighted by Gasteiger charge is -2.49. The Balaban J connectivity index is 1.79. The lowest BCUT2D eigenvalue weighted by atomic mass is 9.64. The highest BCUT2D eigenvalue weighted by atomic mass is 16.3. The fraction of sp³-hybridized carbons (Fsp3) is 0.692. The van der Waals surface area contributed by atoms with E-state index in [1.807, 2.05) is 6.07 Å². The highest BCUT2D eigenvalue weighted by Gasteiger charge is 2.47. The SMILES string of the molecule is CC1(C)C(O)CC1Nc1cc(NN)nc(C2CC2)n1. The molecule has 0 radical (unpaired) electrons. The molecule has 1 heterocycles. The highest BCUT2D eigenvalue weighted by Crippen LogP contribution is 2.43. The zero-order valence-electron chi connectivity index (χ0n) is 11.3. The van der Waals surface area contributed by atoms with Gasteiger partial charge in [0, 0.05) is 23.4 Å². The van der Waals surface area contributed by atoms with Crippen molar-refractivity contribution in [1.29, 1.82) is 0 Å². The van der Waals surface area contributed by atoms with Crippen molar-refractivity contribution in [2.45, 2.75) is 51.2 Å². The average molecular weight is 263 g/mol. The molecule has 19 heavy (non-hydrogen) atoms. The summed E-state index contributed by atoms with van der Waals surface area (Å²) in [6, 6.07) is 2.04. The van der Waals surface area contributed by atoms with Crippen molar-refractivity contribution in [2.75, 3.05) is 10.7 Å². The molecule has 1 aromatic rings. The molecule has 0 bridgehead atoms. The number of anilines is 2. The number of rotatable bonds is 4. The van der Waals surface area contributed by atoms with Crippen LogP contribution in [-0.4, -0.2) is 27.2 Å². The van der Waals surface area contributed by atoms with Gasteiger partial charge in [0.25, 0.3) is 0 Å². The van der Waals surface area contributed by atoms with Crippen LogP contribution < -0.4 is 16.6 Å². The number of hydrogen-bond acceptors (Lipinski definition) is 6. The summed E-state index contributed by atoms with van der Waals surface area (Å²) in [5, 5.41) is 13.2. The van der Waals surface area contributed by atoms with E-state index in [1.165, 1.54) is 0 Å². The second-order valence-electron chi connectivity index (χ2n) is 6.19. The van der Waals surface area contributed by atoms with Crippen LogP contribution in [-0.2, 0) is 0 Å². The van der Waals surface area contributed by atoms with Gasteiger partial charge in [0.05, 0.1) is 6.10 Å². The number of aliphatic hydroxyl groups excluding tert-OH is 1. The van der Waals surface area contributed by atoms with Crippen molar-refractivity contribution in [3.8, 4) is 0 Å². The van der Waals surface area contributed by atoms with Crippen LogP contribution in [0.3, 0.4) is 0 Å². The number of aliphatic hydroxyl groups is 1. The number of nitrogens with zero attached hydrogens (tertiary/aromatic N) is 2. The molecule has 0 spiro atoms. The van der Waals surface area contributed by atoms with E-state index < -0.39 is 0 Å². The van der Waals surface area contributed by atoms with E-state index in [1.54, 1.807) is 0 Å². The van der Waals surface area contributed by atoms with E-state index in [9.17, 15) is 5.11 Å². The zero-order chi connectivity index (χ0) is 13.6. The predicted octanol–water partition coefficient (Wildman–Crippen LogP) is 1.21. The molecule has 2 fully saturated rings. The second kappa shape index (κ2) is 4.31. The van der Waals surface area contributed by atoms with E-state index in [4.69, 9.17) is 5.84 Å². The Morgan fingerprint density at radius 3 is 2.53 bits per heavy atom. The average Bonchev–Trinajstić information content (AvgIpc) is 3.22. The standard InChI is InChI=1S/C13H21N5O/c1-13(2)8(5-9(13)19)15-10-6-11(18-14)17-12(16-10)7-3-4-7/h6-9,19H,3-5,14H2,1-2H3,(H2,15,16,17,18). The first-order chi connectivity index (χ1) is 9.00. The van der Waals surface area contributed by atoms with Crippen molar-refractivity contribution < 1.29 is 5.11 Å². The van der Waals surface area contributed by atoms with Crippen LogP contribution in [0.5, 0.6) is 0 Å². The van der Waals surface area contributed by atoms with Crippen LogP contribution in [0.1, 0.15) is 44.9 Å². The number of hydrogen-bond donors (Lipinski definition) is 4. The fourth-order valence-electron chi connectivity index (χ4n) is 2.46.